The summed E-state index contributed by atoms with van der Waals surface area (Å²) in [5.41, 5.74) is 1.23. The Balaban J connectivity index is 1.52. The Morgan fingerprint density at radius 1 is 1.16 bits per heavy atom. The van der Waals surface area contributed by atoms with Crippen LogP contribution in [0.15, 0.2) is 24.3 Å². The van der Waals surface area contributed by atoms with Crippen molar-refractivity contribution in [1.82, 2.24) is 4.90 Å². The number of benzene rings is 1. The van der Waals surface area contributed by atoms with Crippen LogP contribution < -0.4 is 4.74 Å². The first kappa shape index (κ1) is 12.5. The van der Waals surface area contributed by atoms with Crippen molar-refractivity contribution in [3.63, 3.8) is 0 Å². The van der Waals surface area contributed by atoms with E-state index in [9.17, 15) is 4.79 Å². The SMILES string of the molecule is Cc1ccc(OCCN2C(=O)C3CCC2CC3)cc1. The van der Waals surface area contributed by atoms with Crippen LogP contribution in [0.5, 0.6) is 5.75 Å². The average molecular weight is 259 g/mol. The van der Waals surface area contributed by atoms with E-state index in [1.165, 1.54) is 18.4 Å². The minimum Gasteiger partial charge on any atom is -0.492 e. The standard InChI is InChI=1S/C16H21NO2/c1-12-2-8-15(9-3-12)19-11-10-17-14-6-4-13(5-7-14)16(17)18/h2-3,8-9,13-14H,4-7,10-11H2,1H3. The van der Waals surface area contributed by atoms with Crippen LogP contribution in [0, 0.1) is 12.8 Å². The maximum atomic E-state index is 12.1. The maximum absolute atomic E-state index is 12.1. The van der Waals surface area contributed by atoms with Crippen molar-refractivity contribution in [2.75, 3.05) is 13.2 Å². The fraction of sp³-hybridized carbons (Fsp3) is 0.562. The highest BCUT2D eigenvalue weighted by atomic mass is 16.5. The van der Waals surface area contributed by atoms with Crippen molar-refractivity contribution in [2.45, 2.75) is 38.6 Å². The lowest BCUT2D eigenvalue weighted by molar-refractivity contribution is -0.147. The Hall–Kier alpha value is -1.51. The van der Waals surface area contributed by atoms with Gasteiger partial charge >= 0.3 is 0 Å². The van der Waals surface area contributed by atoms with Gasteiger partial charge in [0.15, 0.2) is 0 Å². The zero-order valence-corrected chi connectivity index (χ0v) is 11.5. The van der Waals surface area contributed by atoms with E-state index < -0.39 is 0 Å². The summed E-state index contributed by atoms with van der Waals surface area (Å²) in [6.45, 7) is 3.39. The molecule has 4 rings (SSSR count). The van der Waals surface area contributed by atoms with Crippen molar-refractivity contribution in [3.8, 4) is 5.75 Å². The number of amides is 1. The van der Waals surface area contributed by atoms with Gasteiger partial charge in [0.2, 0.25) is 5.91 Å². The second-order valence-electron chi connectivity index (χ2n) is 5.70. The van der Waals surface area contributed by atoms with Crippen LogP contribution in [0.4, 0.5) is 0 Å². The molecule has 0 spiro atoms. The number of hydrogen-bond acceptors (Lipinski definition) is 2. The van der Waals surface area contributed by atoms with Crippen LogP contribution in [-0.4, -0.2) is 30.0 Å². The van der Waals surface area contributed by atoms with Crippen molar-refractivity contribution in [2.24, 2.45) is 5.92 Å². The van der Waals surface area contributed by atoms with E-state index in [1.807, 2.05) is 29.2 Å². The van der Waals surface area contributed by atoms with Crippen molar-refractivity contribution in [1.29, 1.82) is 0 Å². The van der Waals surface area contributed by atoms with Crippen molar-refractivity contribution < 1.29 is 9.53 Å². The van der Waals surface area contributed by atoms with Crippen LogP contribution in [0.1, 0.15) is 31.2 Å². The molecule has 19 heavy (non-hydrogen) atoms. The van der Waals surface area contributed by atoms with Crippen molar-refractivity contribution in [3.05, 3.63) is 29.8 Å². The fourth-order valence-electron chi connectivity index (χ4n) is 3.24. The lowest BCUT2D eigenvalue weighted by atomic mass is 9.79. The number of carbonyl (C=O) groups excluding carboxylic acids is 1. The lowest BCUT2D eigenvalue weighted by Gasteiger charge is -2.44. The molecule has 3 heteroatoms. The monoisotopic (exact) mass is 259 g/mol. The molecule has 3 fully saturated rings. The summed E-state index contributed by atoms with van der Waals surface area (Å²) in [6.07, 6.45) is 4.56. The van der Waals surface area contributed by atoms with Crippen LogP contribution in [0.25, 0.3) is 0 Å². The van der Waals surface area contributed by atoms with E-state index in [0.717, 1.165) is 25.1 Å². The minimum atomic E-state index is 0.296. The van der Waals surface area contributed by atoms with Gasteiger partial charge in [0, 0.05) is 12.0 Å². The van der Waals surface area contributed by atoms with Gasteiger partial charge in [-0.3, -0.25) is 4.79 Å². The first-order valence-corrected chi connectivity index (χ1v) is 7.24. The topological polar surface area (TPSA) is 29.5 Å². The van der Waals surface area contributed by atoms with Gasteiger partial charge in [0.25, 0.3) is 0 Å². The van der Waals surface area contributed by atoms with Gasteiger partial charge in [-0.05, 0) is 44.7 Å². The predicted octanol–water partition coefficient (Wildman–Crippen LogP) is 2.77. The Kier molecular flexibility index (Phi) is 3.45. The molecular formula is C16H21NO2. The summed E-state index contributed by atoms with van der Waals surface area (Å²) in [7, 11) is 0. The molecule has 3 nitrogen and oxygen atoms in total. The summed E-state index contributed by atoms with van der Waals surface area (Å²) >= 11 is 0. The minimum absolute atomic E-state index is 0.296. The van der Waals surface area contributed by atoms with E-state index in [2.05, 4.69) is 6.92 Å². The second-order valence-corrected chi connectivity index (χ2v) is 5.70. The van der Waals surface area contributed by atoms with Gasteiger partial charge in [-0.1, -0.05) is 17.7 Å². The Morgan fingerprint density at radius 3 is 2.47 bits per heavy atom. The Labute approximate surface area is 114 Å². The number of aryl methyl sites for hydroxylation is 1. The molecule has 2 aliphatic heterocycles. The molecule has 0 radical (unpaired) electrons. The van der Waals surface area contributed by atoms with E-state index >= 15 is 0 Å². The molecule has 2 bridgehead atoms. The number of piperidine rings is 2. The predicted molar refractivity (Wildman–Crippen MR) is 74.1 cm³/mol. The number of hydrogen-bond donors (Lipinski definition) is 0. The van der Waals surface area contributed by atoms with Gasteiger partial charge in [-0.15, -0.1) is 0 Å². The number of carbonyl (C=O) groups is 1. The highest BCUT2D eigenvalue weighted by Gasteiger charge is 2.39. The third-order valence-electron chi connectivity index (χ3n) is 4.39. The molecule has 0 atom stereocenters. The zero-order valence-electron chi connectivity index (χ0n) is 11.5. The highest BCUT2D eigenvalue weighted by molar-refractivity contribution is 5.80. The third kappa shape index (κ3) is 2.60. The summed E-state index contributed by atoms with van der Waals surface area (Å²) < 4.78 is 5.73. The van der Waals surface area contributed by atoms with E-state index in [0.29, 0.717) is 24.5 Å². The van der Waals surface area contributed by atoms with Crippen LogP contribution in [-0.2, 0) is 4.79 Å². The molecule has 1 aliphatic carbocycles. The fourth-order valence-corrected chi connectivity index (χ4v) is 3.24. The molecule has 2 heterocycles. The quantitative estimate of drug-likeness (QED) is 0.832. The molecule has 2 saturated heterocycles. The number of rotatable bonds is 4. The van der Waals surface area contributed by atoms with Crippen LogP contribution in [0.2, 0.25) is 0 Å². The summed E-state index contributed by atoms with van der Waals surface area (Å²) in [5.74, 6) is 1.54. The molecule has 102 valence electrons. The smallest absolute Gasteiger partial charge is 0.226 e. The normalized spacial score (nSPS) is 25.7. The number of ether oxygens (including phenoxy) is 1. The molecule has 1 amide bonds. The first-order valence-electron chi connectivity index (χ1n) is 7.24. The van der Waals surface area contributed by atoms with Gasteiger partial charge in [0.1, 0.15) is 12.4 Å². The van der Waals surface area contributed by atoms with E-state index in [1.54, 1.807) is 0 Å². The lowest BCUT2D eigenvalue weighted by Crippen LogP contribution is -2.53. The number of fused-ring (bicyclic) bond motifs is 3. The average Bonchev–Trinajstić information content (AvgIpc) is 2.45. The van der Waals surface area contributed by atoms with Gasteiger partial charge < -0.3 is 9.64 Å². The van der Waals surface area contributed by atoms with E-state index in [4.69, 9.17) is 4.74 Å². The summed E-state index contributed by atoms with van der Waals surface area (Å²) in [5, 5.41) is 0. The molecule has 0 aromatic heterocycles. The van der Waals surface area contributed by atoms with Gasteiger partial charge in [-0.25, -0.2) is 0 Å². The van der Waals surface area contributed by atoms with Crippen LogP contribution >= 0.6 is 0 Å². The molecule has 0 unspecified atom stereocenters. The van der Waals surface area contributed by atoms with Gasteiger partial charge in [-0.2, -0.15) is 0 Å². The largest absolute Gasteiger partial charge is 0.492 e. The zero-order chi connectivity index (χ0) is 13.2. The molecular weight excluding hydrogens is 238 g/mol. The molecule has 3 aliphatic rings. The maximum Gasteiger partial charge on any atom is 0.226 e. The van der Waals surface area contributed by atoms with Crippen molar-refractivity contribution >= 4 is 5.91 Å². The second kappa shape index (κ2) is 5.24. The highest BCUT2D eigenvalue weighted by Crippen LogP contribution is 2.35. The first-order chi connectivity index (χ1) is 9.24. The summed E-state index contributed by atoms with van der Waals surface area (Å²) in [6, 6.07) is 8.53. The number of nitrogens with zero attached hydrogens (tertiary/aromatic N) is 1. The molecule has 0 N–H and O–H groups in total. The van der Waals surface area contributed by atoms with Crippen LogP contribution in [0.3, 0.4) is 0 Å². The van der Waals surface area contributed by atoms with E-state index in [-0.39, 0.29) is 0 Å². The molecule has 1 aromatic rings. The van der Waals surface area contributed by atoms with Gasteiger partial charge in [0.05, 0.1) is 6.54 Å². The molecule has 1 aromatic carbocycles. The third-order valence-corrected chi connectivity index (χ3v) is 4.39. The molecule has 1 saturated carbocycles. The summed E-state index contributed by atoms with van der Waals surface area (Å²) in [4.78, 5) is 14.2. The Bertz CT molecular complexity index is 446. The Morgan fingerprint density at radius 2 is 1.84 bits per heavy atom.